The van der Waals surface area contributed by atoms with Crippen LogP contribution in [0.15, 0.2) is 54.9 Å². The molecule has 4 rings (SSSR count). The number of carbonyl (C=O) groups is 2. The highest BCUT2D eigenvalue weighted by molar-refractivity contribution is 6.03. The summed E-state index contributed by atoms with van der Waals surface area (Å²) in [5, 5.41) is 12.5. The Balaban J connectivity index is 1.46. The fraction of sp³-hybridized carbons (Fsp3) is 0.286. The molecule has 0 spiro atoms. The average Bonchev–Trinajstić information content (AvgIpc) is 2.99. The Morgan fingerprint density at radius 2 is 1.92 bits per heavy atom. The highest BCUT2D eigenvalue weighted by Crippen LogP contribution is 2.32. The summed E-state index contributed by atoms with van der Waals surface area (Å²) in [6, 6.07) is 9.39. The third-order valence-corrected chi connectivity index (χ3v) is 5.75. The molecule has 8 nitrogen and oxygen atoms in total. The lowest BCUT2D eigenvalue weighted by molar-refractivity contribution is -0.141. The van der Waals surface area contributed by atoms with Gasteiger partial charge in [-0.05, 0) is 67.8 Å². The number of nitrogens with one attached hydrogen (secondary N) is 1. The monoisotopic (exact) mass is 538 g/mol. The third kappa shape index (κ3) is 6.91. The molecule has 0 saturated heterocycles. The molecule has 1 aromatic carbocycles. The number of amides is 2. The van der Waals surface area contributed by atoms with E-state index in [4.69, 9.17) is 4.74 Å². The van der Waals surface area contributed by atoms with Gasteiger partial charge in [0.1, 0.15) is 35.4 Å². The Hall–Kier alpha value is -4.43. The maximum absolute atomic E-state index is 13.2. The van der Waals surface area contributed by atoms with Crippen LogP contribution in [0.4, 0.5) is 18.9 Å². The number of rotatable bonds is 4. The number of alkyl halides is 3. The Kier molecular flexibility index (Phi) is 7.60. The van der Waals surface area contributed by atoms with Gasteiger partial charge in [0.05, 0.1) is 5.69 Å². The summed E-state index contributed by atoms with van der Waals surface area (Å²) in [4.78, 5) is 35.0. The molecule has 1 unspecified atom stereocenters. The molecule has 3 aromatic rings. The summed E-state index contributed by atoms with van der Waals surface area (Å²) in [6.45, 7) is 3.01. The highest BCUT2D eigenvalue weighted by Gasteiger charge is 2.32. The van der Waals surface area contributed by atoms with Crippen molar-refractivity contribution in [2.75, 3.05) is 18.6 Å². The number of carbonyl (C=O) groups excluding carboxylic acids is 2. The quantitative estimate of drug-likeness (QED) is 0.494. The molecule has 39 heavy (non-hydrogen) atoms. The van der Waals surface area contributed by atoms with Crippen LogP contribution in [0.1, 0.15) is 46.7 Å². The molecule has 0 radical (unpaired) electrons. The van der Waals surface area contributed by atoms with Gasteiger partial charge in [-0.3, -0.25) is 19.6 Å². The molecule has 2 amide bonds. The summed E-state index contributed by atoms with van der Waals surface area (Å²) in [5.74, 6) is 4.98. The lowest BCUT2D eigenvalue weighted by Crippen LogP contribution is -2.49. The van der Waals surface area contributed by atoms with Crippen LogP contribution < -0.4 is 15.0 Å². The van der Waals surface area contributed by atoms with Gasteiger partial charge in [0.2, 0.25) is 0 Å². The van der Waals surface area contributed by atoms with Gasteiger partial charge in [0.15, 0.2) is 0 Å². The van der Waals surface area contributed by atoms with Gasteiger partial charge in [-0.2, -0.15) is 13.2 Å². The lowest BCUT2D eigenvalue weighted by atomic mass is 10.1. The standard InChI is InChI=1S/C28H25F3N4O4/c1-27(2,38)10-8-17-4-6-23-22(14-17)35(3)26(37)21(16-39-23)34-25(36)20-13-18(9-11-32-20)12-19-5-7-24(33-15-19)28(29,30)31/h4-7,9,11,13-15,21,38H,12,16H2,1-3H3,(H,34,36). The number of pyridine rings is 2. The molecular formula is C28H25F3N4O4. The molecule has 1 aliphatic heterocycles. The van der Waals surface area contributed by atoms with E-state index >= 15 is 0 Å². The summed E-state index contributed by atoms with van der Waals surface area (Å²) in [6.07, 6.45) is -1.75. The van der Waals surface area contributed by atoms with Crippen molar-refractivity contribution in [1.82, 2.24) is 15.3 Å². The van der Waals surface area contributed by atoms with E-state index < -0.39 is 35.3 Å². The summed E-state index contributed by atoms with van der Waals surface area (Å²) in [7, 11) is 1.55. The first-order valence-corrected chi connectivity index (χ1v) is 11.9. The van der Waals surface area contributed by atoms with Gasteiger partial charge in [0, 0.05) is 25.0 Å². The minimum Gasteiger partial charge on any atom is -0.489 e. The summed E-state index contributed by atoms with van der Waals surface area (Å²) < 4.78 is 44.1. The molecule has 1 atom stereocenters. The van der Waals surface area contributed by atoms with Crippen molar-refractivity contribution in [3.8, 4) is 17.6 Å². The number of nitrogens with zero attached hydrogens (tertiary/aromatic N) is 3. The molecule has 0 fully saturated rings. The first kappa shape index (κ1) is 27.6. The van der Waals surface area contributed by atoms with Crippen molar-refractivity contribution < 1.29 is 32.6 Å². The average molecular weight is 539 g/mol. The number of aromatic nitrogens is 2. The molecule has 0 saturated carbocycles. The number of benzene rings is 1. The Labute approximate surface area is 222 Å². The minimum atomic E-state index is -4.53. The molecule has 3 heterocycles. The Bertz CT molecular complexity index is 1450. The Morgan fingerprint density at radius 3 is 2.59 bits per heavy atom. The molecule has 0 bridgehead atoms. The van der Waals surface area contributed by atoms with Crippen LogP contribution in [0.2, 0.25) is 0 Å². The number of anilines is 1. The number of hydrogen-bond donors (Lipinski definition) is 2. The van der Waals surface area contributed by atoms with Gasteiger partial charge < -0.3 is 20.1 Å². The van der Waals surface area contributed by atoms with E-state index in [1.165, 1.54) is 23.2 Å². The Morgan fingerprint density at radius 1 is 1.15 bits per heavy atom. The first-order valence-electron chi connectivity index (χ1n) is 11.9. The van der Waals surface area contributed by atoms with Crippen molar-refractivity contribution in [2.45, 2.75) is 38.1 Å². The second-order valence-corrected chi connectivity index (χ2v) is 9.50. The first-order chi connectivity index (χ1) is 18.3. The van der Waals surface area contributed by atoms with E-state index in [1.807, 2.05) is 0 Å². The van der Waals surface area contributed by atoms with Crippen LogP contribution in [0, 0.1) is 11.8 Å². The van der Waals surface area contributed by atoms with Gasteiger partial charge >= 0.3 is 6.18 Å². The molecule has 2 aromatic heterocycles. The van der Waals surface area contributed by atoms with Crippen LogP contribution >= 0.6 is 0 Å². The van der Waals surface area contributed by atoms with Crippen molar-refractivity contribution >= 4 is 17.5 Å². The zero-order valence-corrected chi connectivity index (χ0v) is 21.3. The molecular weight excluding hydrogens is 513 g/mol. The number of likely N-dealkylation sites (N-methyl/N-ethyl adjacent to an activating group) is 1. The summed E-state index contributed by atoms with van der Waals surface area (Å²) in [5.41, 5.74) is 0.0644. The number of hydrogen-bond acceptors (Lipinski definition) is 6. The molecule has 1 aliphatic rings. The zero-order valence-electron chi connectivity index (χ0n) is 21.3. The van der Waals surface area contributed by atoms with E-state index in [2.05, 4.69) is 27.1 Å². The molecule has 202 valence electrons. The molecule has 11 heteroatoms. The van der Waals surface area contributed by atoms with Crippen LogP contribution in [0.25, 0.3) is 0 Å². The number of fused-ring (bicyclic) bond motifs is 1. The normalized spacial score (nSPS) is 15.4. The predicted molar refractivity (Wildman–Crippen MR) is 136 cm³/mol. The highest BCUT2D eigenvalue weighted by atomic mass is 19.4. The van der Waals surface area contributed by atoms with E-state index in [-0.39, 0.29) is 18.7 Å². The zero-order chi connectivity index (χ0) is 28.4. The third-order valence-electron chi connectivity index (χ3n) is 5.75. The van der Waals surface area contributed by atoms with Gasteiger partial charge in [-0.1, -0.05) is 17.9 Å². The topological polar surface area (TPSA) is 105 Å². The van der Waals surface area contributed by atoms with Crippen molar-refractivity contribution in [2.24, 2.45) is 0 Å². The minimum absolute atomic E-state index is 0.0359. The summed E-state index contributed by atoms with van der Waals surface area (Å²) >= 11 is 0. The van der Waals surface area contributed by atoms with E-state index in [0.29, 0.717) is 28.1 Å². The number of halogens is 3. The molecule has 2 N–H and O–H groups in total. The van der Waals surface area contributed by atoms with Gasteiger partial charge in [0.25, 0.3) is 11.8 Å². The SMILES string of the molecule is CN1C(=O)C(NC(=O)c2cc(Cc3ccc(C(F)(F)F)nc3)ccn2)COc2ccc(C#CC(C)(C)O)cc21. The van der Waals surface area contributed by atoms with Crippen LogP contribution in [-0.2, 0) is 17.4 Å². The van der Waals surface area contributed by atoms with Crippen molar-refractivity contribution in [3.05, 3.63) is 82.9 Å². The van der Waals surface area contributed by atoms with Crippen LogP contribution in [0.3, 0.4) is 0 Å². The van der Waals surface area contributed by atoms with E-state index in [0.717, 1.165) is 12.3 Å². The van der Waals surface area contributed by atoms with Gasteiger partial charge in [-0.15, -0.1) is 0 Å². The maximum atomic E-state index is 13.2. The van der Waals surface area contributed by atoms with Crippen molar-refractivity contribution in [3.63, 3.8) is 0 Å². The van der Waals surface area contributed by atoms with Crippen LogP contribution in [-0.4, -0.2) is 52.2 Å². The second kappa shape index (κ2) is 10.7. The second-order valence-electron chi connectivity index (χ2n) is 9.50. The van der Waals surface area contributed by atoms with Crippen LogP contribution in [0.5, 0.6) is 5.75 Å². The number of ether oxygens (including phenoxy) is 1. The predicted octanol–water partition coefficient (Wildman–Crippen LogP) is 3.36. The lowest BCUT2D eigenvalue weighted by Gasteiger charge is -2.20. The largest absolute Gasteiger partial charge is 0.489 e. The van der Waals surface area contributed by atoms with Crippen molar-refractivity contribution in [1.29, 1.82) is 0 Å². The van der Waals surface area contributed by atoms with E-state index in [9.17, 15) is 27.9 Å². The smallest absolute Gasteiger partial charge is 0.433 e. The van der Waals surface area contributed by atoms with E-state index in [1.54, 1.807) is 45.2 Å². The maximum Gasteiger partial charge on any atom is 0.433 e. The molecule has 0 aliphatic carbocycles. The number of aliphatic hydroxyl groups is 1. The fourth-order valence-electron chi connectivity index (χ4n) is 3.78. The fourth-order valence-corrected chi connectivity index (χ4v) is 3.78. The van der Waals surface area contributed by atoms with Gasteiger partial charge in [-0.25, -0.2) is 0 Å².